The molecule has 0 saturated heterocycles. The summed E-state index contributed by atoms with van der Waals surface area (Å²) >= 11 is 1.25. The van der Waals surface area contributed by atoms with Gasteiger partial charge >= 0.3 is 0 Å². The molecule has 4 nitrogen and oxygen atoms in total. The lowest BCUT2D eigenvalue weighted by molar-refractivity contribution is -0.856. The van der Waals surface area contributed by atoms with E-state index in [1.807, 2.05) is 14.1 Å². The number of anilines is 1. The third kappa shape index (κ3) is 3.83. The van der Waals surface area contributed by atoms with Gasteiger partial charge in [0.2, 0.25) is 0 Å². The molecule has 7 heteroatoms. The van der Waals surface area contributed by atoms with E-state index in [-0.39, 0.29) is 17.0 Å². The zero-order chi connectivity index (χ0) is 18.0. The van der Waals surface area contributed by atoms with Crippen LogP contribution in [0.1, 0.15) is 10.4 Å². The Bertz CT molecular complexity index is 910. The summed E-state index contributed by atoms with van der Waals surface area (Å²) < 4.78 is 28.1. The van der Waals surface area contributed by atoms with E-state index in [0.717, 1.165) is 4.90 Å². The van der Waals surface area contributed by atoms with E-state index >= 15 is 0 Å². The molecule has 0 bridgehead atoms. The number of likely N-dealkylation sites (N-methyl/N-ethyl adjacent to an activating group) is 1. The Morgan fingerprint density at radius 1 is 1.20 bits per heavy atom. The maximum Gasteiger partial charge on any atom is 0.260 e. The van der Waals surface area contributed by atoms with Crippen LogP contribution in [0.4, 0.5) is 13.9 Å². The van der Waals surface area contributed by atoms with Gasteiger partial charge in [0.05, 0.1) is 31.9 Å². The number of carbonyl (C=O) groups excluding carboxylic acids is 1. The van der Waals surface area contributed by atoms with Gasteiger partial charge in [0, 0.05) is 5.56 Å². The van der Waals surface area contributed by atoms with Crippen LogP contribution in [0.15, 0.2) is 42.5 Å². The average molecular weight is 362 g/mol. The van der Waals surface area contributed by atoms with Crippen LogP contribution in [0, 0.1) is 11.6 Å². The first-order chi connectivity index (χ1) is 12.0. The number of para-hydroxylation sites is 1. The van der Waals surface area contributed by atoms with E-state index in [0.29, 0.717) is 22.9 Å². The number of carbonyl (C=O) groups is 1. The van der Waals surface area contributed by atoms with Crippen molar-refractivity contribution in [3.05, 3.63) is 59.7 Å². The number of rotatable bonds is 5. The number of quaternary nitrogens is 1. The molecule has 1 amide bonds. The average Bonchev–Trinajstić information content (AvgIpc) is 3.00. The van der Waals surface area contributed by atoms with Crippen LogP contribution >= 0.6 is 11.3 Å². The lowest BCUT2D eigenvalue weighted by atomic mass is 10.2. The molecule has 0 aliphatic heterocycles. The number of aromatic nitrogens is 1. The van der Waals surface area contributed by atoms with Gasteiger partial charge in [-0.25, -0.2) is 13.8 Å². The summed E-state index contributed by atoms with van der Waals surface area (Å²) in [5.41, 5.74) is 0.491. The standard InChI is InChI=1S/C18H17F2N3OS/c1-22(2)9-10-23(17(24)12-5-3-6-13(19)11-12)18-21-16-14(20)7-4-8-15(16)25-18/h3-8,11H,9-10H2,1-2H3/p+1. The number of fused-ring (bicyclic) bond motifs is 1. The van der Waals surface area contributed by atoms with Crippen molar-refractivity contribution in [2.75, 3.05) is 32.1 Å². The summed E-state index contributed by atoms with van der Waals surface area (Å²) in [6, 6.07) is 10.3. The number of hydrogen-bond donors (Lipinski definition) is 1. The second-order valence-corrected chi connectivity index (χ2v) is 7.02. The minimum Gasteiger partial charge on any atom is -0.338 e. The largest absolute Gasteiger partial charge is 0.338 e. The van der Waals surface area contributed by atoms with Crippen molar-refractivity contribution in [1.82, 2.24) is 4.98 Å². The summed E-state index contributed by atoms with van der Waals surface area (Å²) in [6.45, 7) is 1.08. The molecular formula is C18H18F2N3OS+. The van der Waals surface area contributed by atoms with Crippen LogP contribution < -0.4 is 9.80 Å². The van der Waals surface area contributed by atoms with Gasteiger partial charge in [-0.2, -0.15) is 0 Å². The predicted molar refractivity (Wildman–Crippen MR) is 95.3 cm³/mol. The van der Waals surface area contributed by atoms with E-state index in [2.05, 4.69) is 4.98 Å². The van der Waals surface area contributed by atoms with Crippen LogP contribution in [0.25, 0.3) is 10.2 Å². The van der Waals surface area contributed by atoms with E-state index in [4.69, 9.17) is 0 Å². The van der Waals surface area contributed by atoms with Crippen LogP contribution in [0.5, 0.6) is 0 Å². The van der Waals surface area contributed by atoms with Crippen LogP contribution in [0.3, 0.4) is 0 Å². The number of benzene rings is 2. The summed E-state index contributed by atoms with van der Waals surface area (Å²) in [7, 11) is 3.95. The molecule has 0 spiro atoms. The topological polar surface area (TPSA) is 37.6 Å². The number of nitrogens with zero attached hydrogens (tertiary/aromatic N) is 2. The summed E-state index contributed by atoms with van der Waals surface area (Å²) in [5, 5.41) is 0.413. The Kier molecular flexibility index (Phi) is 5.06. The number of hydrogen-bond acceptors (Lipinski definition) is 3. The minimum absolute atomic E-state index is 0.244. The Morgan fingerprint density at radius 2 is 1.96 bits per heavy atom. The fourth-order valence-electron chi connectivity index (χ4n) is 2.42. The Balaban J connectivity index is 2.01. The fraction of sp³-hybridized carbons (Fsp3) is 0.222. The molecule has 2 aromatic carbocycles. The van der Waals surface area contributed by atoms with Crippen molar-refractivity contribution >= 4 is 32.6 Å². The zero-order valence-electron chi connectivity index (χ0n) is 13.9. The monoisotopic (exact) mass is 362 g/mol. The van der Waals surface area contributed by atoms with Gasteiger partial charge in [0.25, 0.3) is 5.91 Å². The third-order valence-electron chi connectivity index (χ3n) is 3.74. The molecule has 25 heavy (non-hydrogen) atoms. The van der Waals surface area contributed by atoms with Crippen molar-refractivity contribution in [1.29, 1.82) is 0 Å². The van der Waals surface area contributed by atoms with Crippen LogP contribution in [-0.4, -0.2) is 38.1 Å². The number of amides is 1. The quantitative estimate of drug-likeness (QED) is 0.757. The lowest BCUT2D eigenvalue weighted by Gasteiger charge is -2.20. The Labute approximate surface area is 148 Å². The number of thiazole rings is 1. The fourth-order valence-corrected chi connectivity index (χ4v) is 3.42. The highest BCUT2D eigenvalue weighted by Crippen LogP contribution is 2.30. The second kappa shape index (κ2) is 7.25. The molecule has 0 aliphatic rings. The molecule has 0 fully saturated rings. The molecule has 130 valence electrons. The van der Waals surface area contributed by atoms with Gasteiger partial charge in [0.15, 0.2) is 5.13 Å². The van der Waals surface area contributed by atoms with E-state index in [9.17, 15) is 13.6 Å². The maximum absolute atomic E-state index is 13.9. The van der Waals surface area contributed by atoms with Crippen molar-refractivity contribution in [2.45, 2.75) is 0 Å². The molecule has 1 N–H and O–H groups in total. The highest BCUT2D eigenvalue weighted by Gasteiger charge is 2.23. The van der Waals surface area contributed by atoms with Crippen molar-refractivity contribution in [3.63, 3.8) is 0 Å². The molecule has 3 aromatic rings. The molecule has 0 atom stereocenters. The van der Waals surface area contributed by atoms with Gasteiger partial charge in [-0.15, -0.1) is 0 Å². The normalized spacial score (nSPS) is 11.2. The highest BCUT2D eigenvalue weighted by molar-refractivity contribution is 7.22. The van der Waals surface area contributed by atoms with Gasteiger partial charge in [0.1, 0.15) is 17.2 Å². The third-order valence-corrected chi connectivity index (χ3v) is 4.79. The number of halogens is 2. The zero-order valence-corrected chi connectivity index (χ0v) is 14.7. The molecule has 1 heterocycles. The first-order valence-electron chi connectivity index (χ1n) is 7.87. The summed E-state index contributed by atoms with van der Waals surface area (Å²) in [4.78, 5) is 19.8. The Hall–Kier alpha value is -2.38. The summed E-state index contributed by atoms with van der Waals surface area (Å²) in [6.07, 6.45) is 0. The van der Waals surface area contributed by atoms with Crippen molar-refractivity contribution in [2.24, 2.45) is 0 Å². The van der Waals surface area contributed by atoms with E-state index in [1.54, 1.807) is 18.2 Å². The van der Waals surface area contributed by atoms with Gasteiger partial charge in [-0.3, -0.25) is 9.69 Å². The molecule has 1 aromatic heterocycles. The lowest BCUT2D eigenvalue weighted by Crippen LogP contribution is -3.06. The first kappa shape index (κ1) is 17.4. The molecule has 0 unspecified atom stereocenters. The molecule has 0 saturated carbocycles. The molecule has 0 radical (unpaired) electrons. The van der Waals surface area contributed by atoms with Crippen molar-refractivity contribution in [3.8, 4) is 0 Å². The van der Waals surface area contributed by atoms with Crippen molar-refractivity contribution < 1.29 is 18.5 Å². The van der Waals surface area contributed by atoms with Gasteiger partial charge in [-0.05, 0) is 30.3 Å². The predicted octanol–water partition coefficient (Wildman–Crippen LogP) is 2.37. The van der Waals surface area contributed by atoms with E-state index in [1.165, 1.54) is 40.5 Å². The first-order valence-corrected chi connectivity index (χ1v) is 8.69. The molecule has 0 aliphatic carbocycles. The van der Waals surface area contributed by atoms with E-state index < -0.39 is 11.6 Å². The molecular weight excluding hydrogens is 344 g/mol. The highest BCUT2D eigenvalue weighted by atomic mass is 32.1. The Morgan fingerprint density at radius 3 is 2.64 bits per heavy atom. The SMILES string of the molecule is C[NH+](C)CCN(C(=O)c1cccc(F)c1)c1nc2c(F)cccc2s1. The number of nitrogens with one attached hydrogen (secondary N) is 1. The second-order valence-electron chi connectivity index (χ2n) is 6.01. The van der Waals surface area contributed by atoms with Gasteiger partial charge in [-0.1, -0.05) is 23.5 Å². The maximum atomic E-state index is 13.9. The van der Waals surface area contributed by atoms with Crippen LogP contribution in [0.2, 0.25) is 0 Å². The van der Waals surface area contributed by atoms with Gasteiger partial charge < -0.3 is 4.90 Å². The molecule has 3 rings (SSSR count). The smallest absolute Gasteiger partial charge is 0.260 e. The minimum atomic E-state index is -0.473. The summed E-state index contributed by atoms with van der Waals surface area (Å²) in [5.74, 6) is -1.24. The van der Waals surface area contributed by atoms with Crippen LogP contribution in [-0.2, 0) is 0 Å².